The molecule has 0 saturated heterocycles. The molecule has 0 aromatic rings. The van der Waals surface area contributed by atoms with Crippen molar-refractivity contribution in [1.29, 1.82) is 5.26 Å². The first-order chi connectivity index (χ1) is 9.10. The van der Waals surface area contributed by atoms with E-state index in [0.29, 0.717) is 5.41 Å². The fourth-order valence-electron chi connectivity index (χ4n) is 6.08. The quantitative estimate of drug-likeness (QED) is 0.772. The molecule has 5 rings (SSSR count). The standard InChI is InChI=1S/C17H26N2/c1-19(11-16(10-18)2-3-16)12-17-7-13-4-14(8-17)6-15(5-13)9-17/h13-15H,2-9,11-12H2,1H3. The summed E-state index contributed by atoms with van der Waals surface area (Å²) < 4.78 is 0. The van der Waals surface area contributed by atoms with Crippen LogP contribution in [-0.2, 0) is 0 Å². The lowest BCUT2D eigenvalue weighted by molar-refractivity contribution is -0.0671. The zero-order valence-electron chi connectivity index (χ0n) is 12.2. The highest BCUT2D eigenvalue weighted by Gasteiger charge is 2.52. The third kappa shape index (κ3) is 2.11. The van der Waals surface area contributed by atoms with Gasteiger partial charge < -0.3 is 4.90 Å². The Hall–Kier alpha value is -0.550. The molecule has 2 heteroatoms. The molecule has 0 radical (unpaired) electrons. The van der Waals surface area contributed by atoms with Crippen LogP contribution in [0.3, 0.4) is 0 Å². The average Bonchev–Trinajstić information content (AvgIpc) is 3.06. The Balaban J connectivity index is 1.43. The molecule has 0 unspecified atom stereocenters. The highest BCUT2D eigenvalue weighted by molar-refractivity contribution is 5.11. The number of nitriles is 1. The Morgan fingerprint density at radius 1 is 1.00 bits per heavy atom. The van der Waals surface area contributed by atoms with Gasteiger partial charge in [-0.2, -0.15) is 5.26 Å². The summed E-state index contributed by atoms with van der Waals surface area (Å²) in [5, 5.41) is 9.26. The van der Waals surface area contributed by atoms with E-state index in [1.165, 1.54) is 45.1 Å². The summed E-state index contributed by atoms with van der Waals surface area (Å²) in [7, 11) is 2.26. The van der Waals surface area contributed by atoms with Crippen LogP contribution in [-0.4, -0.2) is 25.0 Å². The van der Waals surface area contributed by atoms with Crippen molar-refractivity contribution < 1.29 is 0 Å². The molecule has 5 saturated carbocycles. The third-order valence-electron chi connectivity index (χ3n) is 6.43. The number of nitrogens with zero attached hydrogens (tertiary/aromatic N) is 2. The topological polar surface area (TPSA) is 27.0 Å². The van der Waals surface area contributed by atoms with Crippen molar-refractivity contribution in [3.63, 3.8) is 0 Å². The van der Waals surface area contributed by atoms with Crippen molar-refractivity contribution in [2.45, 2.75) is 51.4 Å². The summed E-state index contributed by atoms with van der Waals surface area (Å²) in [6.07, 6.45) is 11.3. The lowest BCUT2D eigenvalue weighted by Gasteiger charge is -2.57. The van der Waals surface area contributed by atoms with Crippen molar-refractivity contribution >= 4 is 0 Å². The van der Waals surface area contributed by atoms with E-state index >= 15 is 0 Å². The van der Waals surface area contributed by atoms with E-state index < -0.39 is 0 Å². The summed E-state index contributed by atoms with van der Waals surface area (Å²) in [5.41, 5.74) is 0.673. The van der Waals surface area contributed by atoms with E-state index in [1.807, 2.05) is 0 Å². The van der Waals surface area contributed by atoms with E-state index in [0.717, 1.165) is 37.1 Å². The van der Waals surface area contributed by atoms with Crippen molar-refractivity contribution in [2.75, 3.05) is 20.1 Å². The van der Waals surface area contributed by atoms with Crippen LogP contribution >= 0.6 is 0 Å². The molecule has 0 aliphatic heterocycles. The number of hydrogen-bond acceptors (Lipinski definition) is 2. The SMILES string of the molecule is CN(CC1(C#N)CC1)CC12CC3CC(CC(C3)C1)C2. The Morgan fingerprint density at radius 3 is 1.95 bits per heavy atom. The van der Waals surface area contributed by atoms with E-state index in [1.54, 1.807) is 0 Å². The molecule has 5 aliphatic carbocycles. The molecule has 104 valence electrons. The van der Waals surface area contributed by atoms with Gasteiger partial charge in [0.25, 0.3) is 0 Å². The van der Waals surface area contributed by atoms with Gasteiger partial charge in [-0.1, -0.05) is 0 Å². The highest BCUT2D eigenvalue weighted by Crippen LogP contribution is 2.60. The zero-order chi connectivity index (χ0) is 13.1. The predicted molar refractivity (Wildman–Crippen MR) is 75.4 cm³/mol. The molecular weight excluding hydrogens is 232 g/mol. The average molecular weight is 258 g/mol. The Morgan fingerprint density at radius 2 is 1.53 bits per heavy atom. The normalized spacial score (nSPS) is 45.4. The summed E-state index contributed by atoms with van der Waals surface area (Å²) in [6, 6.07) is 2.55. The van der Waals surface area contributed by atoms with Crippen LogP contribution < -0.4 is 0 Å². The van der Waals surface area contributed by atoms with Gasteiger partial charge in [-0.3, -0.25) is 0 Å². The minimum Gasteiger partial charge on any atom is -0.304 e. The largest absolute Gasteiger partial charge is 0.304 e. The lowest BCUT2D eigenvalue weighted by Crippen LogP contribution is -2.51. The maximum absolute atomic E-state index is 9.26. The second kappa shape index (κ2) is 3.98. The number of hydrogen-bond donors (Lipinski definition) is 0. The van der Waals surface area contributed by atoms with Gasteiger partial charge in [0, 0.05) is 13.1 Å². The van der Waals surface area contributed by atoms with Gasteiger partial charge in [-0.15, -0.1) is 0 Å². The second-order valence-electron chi connectivity index (χ2n) is 8.48. The van der Waals surface area contributed by atoms with Gasteiger partial charge in [0.05, 0.1) is 11.5 Å². The fraction of sp³-hybridized carbons (Fsp3) is 0.941. The molecule has 0 aromatic heterocycles. The van der Waals surface area contributed by atoms with Gasteiger partial charge in [0.2, 0.25) is 0 Å². The van der Waals surface area contributed by atoms with Gasteiger partial charge in [-0.25, -0.2) is 0 Å². The van der Waals surface area contributed by atoms with Crippen LogP contribution in [0, 0.1) is 39.9 Å². The molecule has 0 atom stereocenters. The van der Waals surface area contributed by atoms with Crippen LogP contribution in [0.4, 0.5) is 0 Å². The fourth-order valence-corrected chi connectivity index (χ4v) is 6.08. The van der Waals surface area contributed by atoms with Gasteiger partial charge >= 0.3 is 0 Å². The van der Waals surface area contributed by atoms with Gasteiger partial charge in [-0.05, 0) is 81.6 Å². The second-order valence-corrected chi connectivity index (χ2v) is 8.48. The molecule has 2 nitrogen and oxygen atoms in total. The van der Waals surface area contributed by atoms with Crippen LogP contribution in [0.2, 0.25) is 0 Å². The van der Waals surface area contributed by atoms with Gasteiger partial charge in [0.1, 0.15) is 0 Å². The first-order valence-electron chi connectivity index (χ1n) is 8.20. The molecule has 5 aliphatic rings. The molecular formula is C17H26N2. The summed E-state index contributed by atoms with van der Waals surface area (Å²) in [4.78, 5) is 2.50. The Kier molecular flexibility index (Phi) is 2.56. The Bertz CT molecular complexity index is 380. The predicted octanol–water partition coefficient (Wildman–Crippen LogP) is 3.44. The molecule has 19 heavy (non-hydrogen) atoms. The zero-order valence-corrected chi connectivity index (χ0v) is 12.2. The minimum absolute atomic E-state index is 0.0387. The van der Waals surface area contributed by atoms with E-state index in [4.69, 9.17) is 0 Å². The number of rotatable bonds is 4. The van der Waals surface area contributed by atoms with Crippen LogP contribution in [0.15, 0.2) is 0 Å². The van der Waals surface area contributed by atoms with E-state index in [2.05, 4.69) is 18.0 Å². The third-order valence-corrected chi connectivity index (χ3v) is 6.43. The van der Waals surface area contributed by atoms with Crippen LogP contribution in [0.25, 0.3) is 0 Å². The summed E-state index contributed by atoms with van der Waals surface area (Å²) >= 11 is 0. The van der Waals surface area contributed by atoms with Crippen molar-refractivity contribution in [2.24, 2.45) is 28.6 Å². The summed E-state index contributed by atoms with van der Waals surface area (Å²) in [5.74, 6) is 3.14. The van der Waals surface area contributed by atoms with Crippen molar-refractivity contribution in [3.05, 3.63) is 0 Å². The highest BCUT2D eigenvalue weighted by atomic mass is 15.1. The first-order valence-corrected chi connectivity index (χ1v) is 8.20. The monoisotopic (exact) mass is 258 g/mol. The smallest absolute Gasteiger partial charge is 0.0703 e. The molecule has 0 aromatic carbocycles. The maximum atomic E-state index is 9.26. The van der Waals surface area contributed by atoms with Crippen molar-refractivity contribution in [1.82, 2.24) is 4.90 Å². The van der Waals surface area contributed by atoms with E-state index in [-0.39, 0.29) is 5.41 Å². The molecule has 5 fully saturated rings. The lowest BCUT2D eigenvalue weighted by atomic mass is 9.49. The first kappa shape index (κ1) is 12.2. The minimum atomic E-state index is 0.0387. The van der Waals surface area contributed by atoms with Crippen LogP contribution in [0.5, 0.6) is 0 Å². The van der Waals surface area contributed by atoms with Crippen molar-refractivity contribution in [3.8, 4) is 6.07 Å². The molecule has 0 spiro atoms. The molecule has 4 bridgehead atoms. The van der Waals surface area contributed by atoms with E-state index in [9.17, 15) is 5.26 Å². The Labute approximate surface area is 117 Å². The summed E-state index contributed by atoms with van der Waals surface area (Å²) in [6.45, 7) is 2.28. The maximum Gasteiger partial charge on any atom is 0.0703 e. The molecule has 0 heterocycles. The molecule has 0 N–H and O–H groups in total. The van der Waals surface area contributed by atoms with Gasteiger partial charge in [0.15, 0.2) is 0 Å². The molecule has 0 amide bonds. The van der Waals surface area contributed by atoms with Crippen LogP contribution in [0.1, 0.15) is 51.4 Å².